The summed E-state index contributed by atoms with van der Waals surface area (Å²) in [5.41, 5.74) is 0.866. The summed E-state index contributed by atoms with van der Waals surface area (Å²) < 4.78 is 9.50. The van der Waals surface area contributed by atoms with Crippen LogP contribution in [0, 0.1) is 0 Å². The molecule has 0 saturated carbocycles. The molecule has 1 rings (SSSR count). The maximum atomic E-state index is 10.7. The van der Waals surface area contributed by atoms with Crippen LogP contribution >= 0.6 is 0 Å². The summed E-state index contributed by atoms with van der Waals surface area (Å²) in [6.07, 6.45) is 14.2. The Balaban J connectivity index is -0.000000377. The van der Waals surface area contributed by atoms with Gasteiger partial charge in [0.25, 0.3) is 0 Å². The van der Waals surface area contributed by atoms with Crippen molar-refractivity contribution >= 4 is 11.7 Å². The smallest absolute Gasteiger partial charge is 0.335 e. The Morgan fingerprint density at radius 3 is 2.04 bits per heavy atom. The summed E-state index contributed by atoms with van der Waals surface area (Å²) in [5, 5.41) is 10.1. The SMILES string of the molecule is C/C=C\N(N)c1cccc(C(=O)O)c1.CC.CC/C=C\C=C/CC.CF. The number of benzene rings is 1. The van der Waals surface area contributed by atoms with Gasteiger partial charge in [-0.2, -0.15) is 0 Å². The van der Waals surface area contributed by atoms with E-state index in [1.807, 2.05) is 20.8 Å². The highest BCUT2D eigenvalue weighted by Crippen LogP contribution is 2.13. The van der Waals surface area contributed by atoms with Crippen molar-refractivity contribution in [1.29, 1.82) is 0 Å². The van der Waals surface area contributed by atoms with Gasteiger partial charge in [-0.25, -0.2) is 10.6 Å². The van der Waals surface area contributed by atoms with Crippen molar-refractivity contribution in [2.45, 2.75) is 47.5 Å². The van der Waals surface area contributed by atoms with Crippen LogP contribution in [0.25, 0.3) is 0 Å². The number of nitrogens with two attached hydrogens (primary N) is 1. The Bertz CT molecular complexity index is 514. The first kappa shape index (κ1) is 28.4. The lowest BCUT2D eigenvalue weighted by atomic mass is 10.2. The van der Waals surface area contributed by atoms with E-state index in [1.165, 1.54) is 17.1 Å². The number of anilines is 1. The zero-order chi connectivity index (χ0) is 20.8. The molecule has 4 nitrogen and oxygen atoms in total. The number of alkyl halides is 1. The third kappa shape index (κ3) is 16.5. The van der Waals surface area contributed by atoms with Crippen molar-refractivity contribution in [3.8, 4) is 0 Å². The van der Waals surface area contributed by atoms with Crippen molar-refractivity contribution in [3.05, 3.63) is 66.4 Å². The predicted molar refractivity (Wildman–Crippen MR) is 112 cm³/mol. The molecule has 0 aliphatic heterocycles. The van der Waals surface area contributed by atoms with Gasteiger partial charge in [0.15, 0.2) is 0 Å². The highest BCUT2D eigenvalue weighted by atomic mass is 19.1. The first-order chi connectivity index (χ1) is 12.6. The van der Waals surface area contributed by atoms with Gasteiger partial charge in [-0.1, -0.05) is 64.1 Å². The maximum Gasteiger partial charge on any atom is 0.335 e. The van der Waals surface area contributed by atoms with E-state index in [4.69, 9.17) is 10.9 Å². The number of aromatic carboxylic acids is 1. The topological polar surface area (TPSA) is 66.6 Å². The van der Waals surface area contributed by atoms with E-state index in [2.05, 4.69) is 38.2 Å². The second-order valence-electron chi connectivity index (χ2n) is 4.42. The Hall–Kier alpha value is -2.40. The van der Waals surface area contributed by atoms with Crippen LogP contribution in [0.1, 0.15) is 57.8 Å². The number of rotatable bonds is 6. The van der Waals surface area contributed by atoms with E-state index >= 15 is 0 Å². The van der Waals surface area contributed by atoms with Crippen LogP contribution in [-0.4, -0.2) is 18.3 Å². The fourth-order valence-corrected chi connectivity index (χ4v) is 1.48. The number of hydrazine groups is 1. The highest BCUT2D eigenvalue weighted by Gasteiger charge is 2.04. The Morgan fingerprint density at radius 2 is 1.65 bits per heavy atom. The predicted octanol–water partition coefficient (Wildman–Crippen LogP) is 6.13. The molecule has 3 N–H and O–H groups in total. The summed E-state index contributed by atoms with van der Waals surface area (Å²) in [6.45, 7) is 10.1. The number of carbonyl (C=O) groups is 1. The van der Waals surface area contributed by atoms with Crippen molar-refractivity contribution in [1.82, 2.24) is 0 Å². The van der Waals surface area contributed by atoms with Crippen LogP contribution in [0.4, 0.5) is 10.1 Å². The summed E-state index contributed by atoms with van der Waals surface area (Å²) in [4.78, 5) is 10.7. The van der Waals surface area contributed by atoms with E-state index in [0.717, 1.165) is 12.8 Å². The molecule has 5 heteroatoms. The third-order valence-corrected chi connectivity index (χ3v) is 2.56. The minimum absolute atomic E-state index is 0.224. The van der Waals surface area contributed by atoms with Gasteiger partial charge < -0.3 is 5.11 Å². The second-order valence-corrected chi connectivity index (χ2v) is 4.42. The Labute approximate surface area is 158 Å². The Kier molecular flexibility index (Phi) is 24.7. The summed E-state index contributed by atoms with van der Waals surface area (Å²) >= 11 is 0. The van der Waals surface area contributed by atoms with Gasteiger partial charge in [0.1, 0.15) is 0 Å². The number of halogens is 1. The zero-order valence-electron chi connectivity index (χ0n) is 16.9. The number of carboxylic acid groups (broad SMARTS) is 1. The first-order valence-corrected chi connectivity index (χ1v) is 8.76. The molecule has 0 unspecified atom stereocenters. The number of carboxylic acids is 1. The normalized spacial score (nSPS) is 9.69. The fourth-order valence-electron chi connectivity index (χ4n) is 1.48. The number of hydrogen-bond acceptors (Lipinski definition) is 3. The van der Waals surface area contributed by atoms with Crippen LogP contribution in [0.5, 0.6) is 0 Å². The van der Waals surface area contributed by atoms with Crippen molar-refractivity contribution < 1.29 is 14.3 Å². The lowest BCUT2D eigenvalue weighted by Crippen LogP contribution is -2.24. The molecule has 0 bridgehead atoms. The number of allylic oxidation sites excluding steroid dienone is 5. The lowest BCUT2D eigenvalue weighted by molar-refractivity contribution is 0.0697. The van der Waals surface area contributed by atoms with Gasteiger partial charge in [-0.3, -0.25) is 9.40 Å². The van der Waals surface area contributed by atoms with E-state index in [0.29, 0.717) is 12.9 Å². The largest absolute Gasteiger partial charge is 0.478 e. The van der Waals surface area contributed by atoms with Gasteiger partial charge in [0.05, 0.1) is 18.4 Å². The molecular formula is C21H35FN2O2. The molecule has 0 spiro atoms. The van der Waals surface area contributed by atoms with E-state index in [-0.39, 0.29) is 5.56 Å². The molecule has 0 amide bonds. The summed E-state index contributed by atoms with van der Waals surface area (Å²) in [7, 11) is 0.500. The molecule has 0 heterocycles. The lowest BCUT2D eigenvalue weighted by Gasteiger charge is -2.13. The monoisotopic (exact) mass is 366 g/mol. The average Bonchev–Trinajstić information content (AvgIpc) is 2.69. The molecule has 148 valence electrons. The molecule has 26 heavy (non-hydrogen) atoms. The first-order valence-electron chi connectivity index (χ1n) is 8.76. The minimum atomic E-state index is -0.958. The molecule has 0 aliphatic rings. The third-order valence-electron chi connectivity index (χ3n) is 2.56. The van der Waals surface area contributed by atoms with Crippen LogP contribution in [0.3, 0.4) is 0 Å². The molecule has 0 fully saturated rings. The van der Waals surface area contributed by atoms with Gasteiger partial charge in [-0.15, -0.1) is 0 Å². The van der Waals surface area contributed by atoms with E-state index < -0.39 is 5.97 Å². The zero-order valence-corrected chi connectivity index (χ0v) is 16.9. The minimum Gasteiger partial charge on any atom is -0.478 e. The molecule has 1 aromatic rings. The van der Waals surface area contributed by atoms with Gasteiger partial charge in [0.2, 0.25) is 0 Å². The standard InChI is InChI=1S/C10H12N2O2.C8H14.C2H6.CH3F/c1-2-6-12(11)9-5-3-4-8(7-9)10(13)14;1-3-5-7-8-6-4-2;2*1-2/h2-7H,11H2,1H3,(H,13,14);5-8H,3-4H2,1-2H3;1-2H3;1H3/b6-2-;7-5-,8-6-;;. The molecule has 0 atom stereocenters. The molecule has 1 aromatic carbocycles. The molecular weight excluding hydrogens is 331 g/mol. The summed E-state index contributed by atoms with van der Waals surface area (Å²) in [5.74, 6) is 4.67. The van der Waals surface area contributed by atoms with E-state index in [9.17, 15) is 9.18 Å². The Morgan fingerprint density at radius 1 is 1.15 bits per heavy atom. The van der Waals surface area contributed by atoms with Crippen LogP contribution < -0.4 is 10.9 Å². The molecule has 0 radical (unpaired) electrons. The second kappa shape index (κ2) is 22.6. The van der Waals surface area contributed by atoms with Crippen molar-refractivity contribution in [3.63, 3.8) is 0 Å². The van der Waals surface area contributed by atoms with Gasteiger partial charge in [0, 0.05) is 6.20 Å². The van der Waals surface area contributed by atoms with Crippen LogP contribution in [0.15, 0.2) is 60.8 Å². The molecule has 0 saturated heterocycles. The number of hydrogen-bond donors (Lipinski definition) is 2. The maximum absolute atomic E-state index is 10.7. The van der Waals surface area contributed by atoms with Gasteiger partial charge >= 0.3 is 5.97 Å². The van der Waals surface area contributed by atoms with Crippen molar-refractivity contribution in [2.75, 3.05) is 12.2 Å². The van der Waals surface area contributed by atoms with Crippen LogP contribution in [-0.2, 0) is 0 Å². The average molecular weight is 367 g/mol. The number of nitrogens with zero attached hydrogens (tertiary/aromatic N) is 1. The van der Waals surface area contributed by atoms with Crippen molar-refractivity contribution in [2.24, 2.45) is 5.84 Å². The quantitative estimate of drug-likeness (QED) is 0.361. The summed E-state index contributed by atoms with van der Waals surface area (Å²) in [6, 6.07) is 6.44. The van der Waals surface area contributed by atoms with Crippen LogP contribution in [0.2, 0.25) is 0 Å². The highest BCUT2D eigenvalue weighted by molar-refractivity contribution is 5.88. The molecule has 0 aliphatic carbocycles. The molecule has 0 aromatic heterocycles. The van der Waals surface area contributed by atoms with Gasteiger partial charge in [-0.05, 0) is 38.0 Å². The van der Waals surface area contributed by atoms with E-state index in [1.54, 1.807) is 24.4 Å². The fraction of sp³-hybridized carbons (Fsp3) is 0.381.